The van der Waals surface area contributed by atoms with Gasteiger partial charge in [0.15, 0.2) is 0 Å². The van der Waals surface area contributed by atoms with Gasteiger partial charge in [-0.1, -0.05) is 72.9 Å². The lowest BCUT2D eigenvalue weighted by molar-refractivity contribution is 0.562. The van der Waals surface area contributed by atoms with Crippen LogP contribution in [0.5, 0.6) is 0 Å². The van der Waals surface area contributed by atoms with E-state index in [-0.39, 0.29) is 6.04 Å². The highest BCUT2D eigenvalue weighted by molar-refractivity contribution is 5.79. The van der Waals surface area contributed by atoms with Crippen LogP contribution in [0.2, 0.25) is 0 Å². The van der Waals surface area contributed by atoms with E-state index in [9.17, 15) is 0 Å². The summed E-state index contributed by atoms with van der Waals surface area (Å²) >= 11 is 0. The average Bonchev–Trinajstić information content (AvgIpc) is 2.70. The summed E-state index contributed by atoms with van der Waals surface area (Å²) in [4.78, 5) is 0. The molecule has 26 heavy (non-hydrogen) atoms. The Morgan fingerprint density at radius 1 is 0.885 bits per heavy atom. The molecule has 3 unspecified atom stereocenters. The second-order valence-corrected chi connectivity index (χ2v) is 7.23. The fourth-order valence-electron chi connectivity index (χ4n) is 3.88. The minimum absolute atomic E-state index is 0.172. The molecule has 0 saturated heterocycles. The standard InChI is InChI=1S/C24H26N2/c25-21-11-7-10-19(16-21)20-14-15-24(26-22-12-5-2-6-13-22)23(17-20)18-8-3-1-4-9-18/h1-9,11-12,14-15,17,19,21-22,26H,10,13,16,25H2. The smallest absolute Gasteiger partial charge is 0.0482 e. The van der Waals surface area contributed by atoms with Gasteiger partial charge in [0, 0.05) is 23.3 Å². The molecule has 2 heteroatoms. The summed E-state index contributed by atoms with van der Waals surface area (Å²) < 4.78 is 0. The van der Waals surface area contributed by atoms with Crippen LogP contribution in [0.15, 0.2) is 85.0 Å². The van der Waals surface area contributed by atoms with Crippen molar-refractivity contribution in [3.63, 3.8) is 0 Å². The summed E-state index contributed by atoms with van der Waals surface area (Å²) in [6.45, 7) is 0. The van der Waals surface area contributed by atoms with E-state index in [4.69, 9.17) is 5.73 Å². The van der Waals surface area contributed by atoms with Crippen LogP contribution in [0, 0.1) is 0 Å². The lowest BCUT2D eigenvalue weighted by Gasteiger charge is -2.25. The van der Waals surface area contributed by atoms with Crippen molar-refractivity contribution in [2.75, 3.05) is 5.32 Å². The normalized spacial score (nSPS) is 24.6. The van der Waals surface area contributed by atoms with Gasteiger partial charge in [0.2, 0.25) is 0 Å². The van der Waals surface area contributed by atoms with E-state index < -0.39 is 0 Å². The zero-order valence-electron chi connectivity index (χ0n) is 15.0. The molecule has 0 aromatic heterocycles. The van der Waals surface area contributed by atoms with Crippen molar-refractivity contribution in [1.29, 1.82) is 0 Å². The quantitative estimate of drug-likeness (QED) is 0.729. The maximum atomic E-state index is 6.15. The fourth-order valence-corrected chi connectivity index (χ4v) is 3.88. The Labute approximate surface area is 156 Å². The molecule has 3 atom stereocenters. The monoisotopic (exact) mass is 342 g/mol. The number of hydrogen-bond donors (Lipinski definition) is 2. The van der Waals surface area contributed by atoms with Crippen molar-refractivity contribution in [3.8, 4) is 11.1 Å². The second-order valence-electron chi connectivity index (χ2n) is 7.23. The molecular weight excluding hydrogens is 316 g/mol. The summed E-state index contributed by atoms with van der Waals surface area (Å²) in [6, 6.07) is 18.0. The van der Waals surface area contributed by atoms with Crippen LogP contribution in [-0.4, -0.2) is 12.1 Å². The van der Waals surface area contributed by atoms with E-state index in [0.717, 1.165) is 19.3 Å². The first-order chi connectivity index (χ1) is 12.8. The molecule has 0 fully saturated rings. The fraction of sp³-hybridized carbons (Fsp3) is 0.250. The van der Waals surface area contributed by atoms with Crippen LogP contribution < -0.4 is 11.1 Å². The Kier molecular flexibility index (Phi) is 5.03. The van der Waals surface area contributed by atoms with Crippen molar-refractivity contribution < 1.29 is 0 Å². The molecule has 0 bridgehead atoms. The van der Waals surface area contributed by atoms with E-state index in [2.05, 4.69) is 90.3 Å². The Morgan fingerprint density at radius 3 is 2.54 bits per heavy atom. The molecule has 0 aliphatic heterocycles. The number of hydrogen-bond acceptors (Lipinski definition) is 2. The number of anilines is 1. The molecule has 2 aliphatic rings. The number of rotatable bonds is 4. The van der Waals surface area contributed by atoms with Crippen LogP contribution in [0.4, 0.5) is 5.69 Å². The zero-order chi connectivity index (χ0) is 17.8. The molecular formula is C24H26N2. The van der Waals surface area contributed by atoms with Crippen molar-refractivity contribution in [2.45, 2.75) is 37.3 Å². The Bertz CT molecular complexity index is 833. The molecule has 0 amide bonds. The third-order valence-corrected chi connectivity index (χ3v) is 5.28. The zero-order valence-corrected chi connectivity index (χ0v) is 15.0. The highest BCUT2D eigenvalue weighted by Gasteiger charge is 2.19. The number of nitrogens with one attached hydrogen (secondary N) is 1. The van der Waals surface area contributed by atoms with Crippen molar-refractivity contribution in [3.05, 3.63) is 90.6 Å². The van der Waals surface area contributed by atoms with E-state index >= 15 is 0 Å². The summed E-state index contributed by atoms with van der Waals surface area (Å²) in [6.07, 6.45) is 16.2. The molecule has 0 saturated carbocycles. The predicted octanol–water partition coefficient (Wildman–Crippen LogP) is 5.41. The van der Waals surface area contributed by atoms with Gasteiger partial charge in [0.25, 0.3) is 0 Å². The van der Waals surface area contributed by atoms with Crippen molar-refractivity contribution >= 4 is 5.69 Å². The van der Waals surface area contributed by atoms with Crippen molar-refractivity contribution in [1.82, 2.24) is 0 Å². The van der Waals surface area contributed by atoms with E-state index in [0.29, 0.717) is 12.0 Å². The van der Waals surface area contributed by atoms with Gasteiger partial charge in [0.1, 0.15) is 0 Å². The van der Waals surface area contributed by atoms with Crippen LogP contribution in [-0.2, 0) is 0 Å². The Morgan fingerprint density at radius 2 is 1.77 bits per heavy atom. The van der Waals surface area contributed by atoms with Gasteiger partial charge in [-0.05, 0) is 48.4 Å². The van der Waals surface area contributed by atoms with Gasteiger partial charge in [-0.25, -0.2) is 0 Å². The number of nitrogens with two attached hydrogens (primary N) is 1. The minimum Gasteiger partial charge on any atom is -0.378 e. The predicted molar refractivity (Wildman–Crippen MR) is 111 cm³/mol. The molecule has 2 aromatic carbocycles. The molecule has 3 N–H and O–H groups in total. The first-order valence-electron chi connectivity index (χ1n) is 9.51. The molecule has 2 aromatic rings. The summed E-state index contributed by atoms with van der Waals surface area (Å²) in [5.41, 5.74) is 11.3. The maximum absolute atomic E-state index is 6.15. The molecule has 2 nitrogen and oxygen atoms in total. The SMILES string of the molecule is NC1C=CCC(c2ccc(NC3C=CC=CC3)c(-c3ccccc3)c2)C1. The van der Waals surface area contributed by atoms with Gasteiger partial charge in [-0.3, -0.25) is 0 Å². The molecule has 2 aliphatic carbocycles. The van der Waals surface area contributed by atoms with E-state index in [1.165, 1.54) is 22.4 Å². The third kappa shape index (κ3) is 3.81. The van der Waals surface area contributed by atoms with Gasteiger partial charge in [0.05, 0.1) is 0 Å². The van der Waals surface area contributed by atoms with Crippen LogP contribution in [0.3, 0.4) is 0 Å². The topological polar surface area (TPSA) is 38.0 Å². The molecule has 0 heterocycles. The van der Waals surface area contributed by atoms with Gasteiger partial charge < -0.3 is 11.1 Å². The molecule has 0 spiro atoms. The molecule has 0 radical (unpaired) electrons. The minimum atomic E-state index is 0.172. The van der Waals surface area contributed by atoms with Crippen molar-refractivity contribution in [2.24, 2.45) is 5.73 Å². The summed E-state index contributed by atoms with van der Waals surface area (Å²) in [7, 11) is 0. The number of benzene rings is 2. The van der Waals surface area contributed by atoms with Gasteiger partial charge in [-0.2, -0.15) is 0 Å². The highest BCUT2D eigenvalue weighted by atomic mass is 14.9. The van der Waals surface area contributed by atoms with E-state index in [1.807, 2.05) is 0 Å². The largest absolute Gasteiger partial charge is 0.378 e. The van der Waals surface area contributed by atoms with Crippen LogP contribution in [0.1, 0.15) is 30.7 Å². The Hall–Kier alpha value is -2.58. The molecule has 132 valence electrons. The maximum Gasteiger partial charge on any atom is 0.0482 e. The van der Waals surface area contributed by atoms with Gasteiger partial charge >= 0.3 is 0 Å². The third-order valence-electron chi connectivity index (χ3n) is 5.28. The summed E-state index contributed by atoms with van der Waals surface area (Å²) in [5.74, 6) is 0.504. The van der Waals surface area contributed by atoms with Gasteiger partial charge in [-0.15, -0.1) is 0 Å². The first kappa shape index (κ1) is 16.9. The molecule has 4 rings (SSSR count). The van der Waals surface area contributed by atoms with E-state index in [1.54, 1.807) is 0 Å². The second kappa shape index (κ2) is 7.76. The Balaban J connectivity index is 1.68. The van der Waals surface area contributed by atoms with Crippen LogP contribution >= 0.6 is 0 Å². The number of allylic oxidation sites excluding steroid dienone is 3. The average molecular weight is 342 g/mol. The summed E-state index contributed by atoms with van der Waals surface area (Å²) in [5, 5.41) is 3.71. The first-order valence-corrected chi connectivity index (χ1v) is 9.51. The lowest BCUT2D eigenvalue weighted by Crippen LogP contribution is -2.23. The highest BCUT2D eigenvalue weighted by Crippen LogP contribution is 2.36. The lowest BCUT2D eigenvalue weighted by atomic mass is 9.84. The van der Waals surface area contributed by atoms with Crippen LogP contribution in [0.25, 0.3) is 11.1 Å².